The Morgan fingerprint density at radius 2 is 2.23 bits per heavy atom. The van der Waals surface area contributed by atoms with Gasteiger partial charge in [-0.05, 0) is 12.8 Å². The molecule has 2 rings (SSSR count). The number of nitrogens with zero attached hydrogens (tertiary/aromatic N) is 3. The second-order valence-corrected chi connectivity index (χ2v) is 4.94. The standard InChI is InChI=1S/C8H13N3OS/c1-3-13(12)8-10-9-7(11(8)2)6-4-5-6/h6H,3-5H2,1-2H3. The Morgan fingerprint density at radius 1 is 1.54 bits per heavy atom. The minimum atomic E-state index is -0.981. The second kappa shape index (κ2) is 3.21. The normalized spacial score (nSPS) is 18.9. The van der Waals surface area contributed by atoms with Crippen LogP contribution in [-0.2, 0) is 17.8 Å². The van der Waals surface area contributed by atoms with Gasteiger partial charge in [0.25, 0.3) is 0 Å². The molecule has 1 aromatic rings. The van der Waals surface area contributed by atoms with Gasteiger partial charge in [-0.2, -0.15) is 0 Å². The minimum Gasteiger partial charge on any atom is -0.307 e. The summed E-state index contributed by atoms with van der Waals surface area (Å²) in [6, 6.07) is 0. The SMILES string of the molecule is CCS(=O)c1nnc(C2CC2)n1C. The third kappa shape index (κ3) is 1.52. The van der Waals surface area contributed by atoms with E-state index in [4.69, 9.17) is 0 Å². The summed E-state index contributed by atoms with van der Waals surface area (Å²) in [5.74, 6) is 2.17. The van der Waals surface area contributed by atoms with Gasteiger partial charge in [-0.15, -0.1) is 10.2 Å². The highest BCUT2D eigenvalue weighted by atomic mass is 32.2. The molecule has 72 valence electrons. The molecule has 1 atom stereocenters. The molecule has 5 heteroatoms. The summed E-state index contributed by atoms with van der Waals surface area (Å²) in [5, 5.41) is 8.64. The fourth-order valence-corrected chi connectivity index (χ4v) is 2.14. The van der Waals surface area contributed by atoms with Gasteiger partial charge in [0.15, 0.2) is 0 Å². The minimum absolute atomic E-state index is 0.570. The summed E-state index contributed by atoms with van der Waals surface area (Å²) in [5.41, 5.74) is 0. The monoisotopic (exact) mass is 199 g/mol. The summed E-state index contributed by atoms with van der Waals surface area (Å²) in [4.78, 5) is 0. The van der Waals surface area contributed by atoms with Crippen molar-refractivity contribution in [1.29, 1.82) is 0 Å². The molecule has 1 unspecified atom stereocenters. The molecule has 0 aliphatic heterocycles. The molecule has 13 heavy (non-hydrogen) atoms. The van der Waals surface area contributed by atoms with Crippen molar-refractivity contribution in [3.05, 3.63) is 5.82 Å². The Bertz CT molecular complexity index is 343. The fraction of sp³-hybridized carbons (Fsp3) is 0.750. The number of aromatic nitrogens is 3. The Morgan fingerprint density at radius 3 is 2.77 bits per heavy atom. The molecule has 1 aliphatic rings. The van der Waals surface area contributed by atoms with Crippen molar-refractivity contribution in [1.82, 2.24) is 14.8 Å². The van der Waals surface area contributed by atoms with Crippen molar-refractivity contribution in [2.75, 3.05) is 5.75 Å². The molecule has 0 N–H and O–H groups in total. The first-order valence-electron chi connectivity index (χ1n) is 4.51. The van der Waals surface area contributed by atoms with Gasteiger partial charge >= 0.3 is 0 Å². The van der Waals surface area contributed by atoms with Gasteiger partial charge in [0.2, 0.25) is 5.16 Å². The average molecular weight is 199 g/mol. The zero-order valence-corrected chi connectivity index (χ0v) is 8.67. The van der Waals surface area contributed by atoms with E-state index in [-0.39, 0.29) is 0 Å². The van der Waals surface area contributed by atoms with E-state index in [9.17, 15) is 4.21 Å². The first-order chi connectivity index (χ1) is 6.24. The first-order valence-corrected chi connectivity index (χ1v) is 5.83. The lowest BCUT2D eigenvalue weighted by molar-refractivity contribution is 0.660. The molecule has 0 aromatic carbocycles. The van der Waals surface area contributed by atoms with Crippen LogP contribution in [0.3, 0.4) is 0 Å². The average Bonchev–Trinajstić information content (AvgIpc) is 2.90. The summed E-state index contributed by atoms with van der Waals surface area (Å²) in [7, 11) is 0.919. The van der Waals surface area contributed by atoms with Crippen LogP contribution in [-0.4, -0.2) is 24.7 Å². The van der Waals surface area contributed by atoms with Crippen LogP contribution < -0.4 is 0 Å². The molecule has 0 radical (unpaired) electrons. The number of hydrogen-bond donors (Lipinski definition) is 0. The quantitative estimate of drug-likeness (QED) is 0.724. The van der Waals surface area contributed by atoms with Crippen molar-refractivity contribution >= 4 is 10.8 Å². The van der Waals surface area contributed by atoms with Crippen LogP contribution in [0.25, 0.3) is 0 Å². The predicted octanol–water partition coefficient (Wildman–Crippen LogP) is 0.820. The maximum absolute atomic E-state index is 11.5. The van der Waals surface area contributed by atoms with Crippen LogP contribution >= 0.6 is 0 Å². The van der Waals surface area contributed by atoms with Crippen molar-refractivity contribution in [2.45, 2.75) is 30.8 Å². The summed E-state index contributed by atoms with van der Waals surface area (Å²) < 4.78 is 13.4. The van der Waals surface area contributed by atoms with Gasteiger partial charge in [-0.3, -0.25) is 4.21 Å². The maximum Gasteiger partial charge on any atom is 0.221 e. The van der Waals surface area contributed by atoms with Crippen LogP contribution in [0, 0.1) is 0 Å². The molecule has 1 heterocycles. The largest absolute Gasteiger partial charge is 0.307 e. The van der Waals surface area contributed by atoms with Crippen molar-refractivity contribution in [3.63, 3.8) is 0 Å². The summed E-state index contributed by atoms with van der Waals surface area (Å²) in [6.07, 6.45) is 2.40. The van der Waals surface area contributed by atoms with Gasteiger partial charge < -0.3 is 4.57 Å². The maximum atomic E-state index is 11.5. The van der Waals surface area contributed by atoms with Crippen molar-refractivity contribution in [2.24, 2.45) is 7.05 Å². The van der Waals surface area contributed by atoms with E-state index in [0.717, 1.165) is 5.82 Å². The number of hydrogen-bond acceptors (Lipinski definition) is 3. The molecule has 1 fully saturated rings. The highest BCUT2D eigenvalue weighted by Gasteiger charge is 2.29. The van der Waals surface area contributed by atoms with E-state index in [1.165, 1.54) is 12.8 Å². The summed E-state index contributed by atoms with van der Waals surface area (Å²) >= 11 is 0. The van der Waals surface area contributed by atoms with Crippen LogP contribution in [0.1, 0.15) is 31.5 Å². The van der Waals surface area contributed by atoms with Gasteiger partial charge in [0, 0.05) is 18.7 Å². The lowest BCUT2D eigenvalue weighted by atomic mass is 10.4. The Kier molecular flexibility index (Phi) is 2.19. The van der Waals surface area contributed by atoms with Crippen molar-refractivity contribution < 1.29 is 4.21 Å². The predicted molar refractivity (Wildman–Crippen MR) is 49.9 cm³/mol. The lowest BCUT2D eigenvalue weighted by Crippen LogP contribution is -2.05. The zero-order valence-electron chi connectivity index (χ0n) is 7.86. The highest BCUT2D eigenvalue weighted by Crippen LogP contribution is 2.38. The zero-order chi connectivity index (χ0) is 9.42. The van der Waals surface area contributed by atoms with Crippen LogP contribution in [0.15, 0.2) is 5.16 Å². The van der Waals surface area contributed by atoms with Crippen LogP contribution in [0.4, 0.5) is 0 Å². The van der Waals surface area contributed by atoms with E-state index < -0.39 is 10.8 Å². The van der Waals surface area contributed by atoms with Crippen LogP contribution in [0.5, 0.6) is 0 Å². The molecule has 0 spiro atoms. The molecule has 1 saturated carbocycles. The van der Waals surface area contributed by atoms with E-state index in [1.54, 1.807) is 0 Å². The Hall–Kier alpha value is -0.710. The van der Waals surface area contributed by atoms with E-state index >= 15 is 0 Å². The van der Waals surface area contributed by atoms with Gasteiger partial charge in [0.1, 0.15) is 5.82 Å². The first kappa shape index (κ1) is 8.87. The molecule has 1 aliphatic carbocycles. The molecule has 1 aromatic heterocycles. The molecular weight excluding hydrogens is 186 g/mol. The molecule has 0 bridgehead atoms. The second-order valence-electron chi connectivity index (χ2n) is 3.31. The number of rotatable bonds is 3. The molecule has 0 saturated heterocycles. The molecule has 0 amide bonds. The fourth-order valence-electron chi connectivity index (χ4n) is 1.35. The molecule has 4 nitrogen and oxygen atoms in total. The Labute approximate surface area is 79.8 Å². The van der Waals surface area contributed by atoms with Gasteiger partial charge in [-0.25, -0.2) is 0 Å². The van der Waals surface area contributed by atoms with E-state index in [0.29, 0.717) is 16.8 Å². The lowest BCUT2D eigenvalue weighted by Gasteiger charge is -2.00. The third-order valence-corrected chi connectivity index (χ3v) is 3.56. The third-order valence-electron chi connectivity index (χ3n) is 2.28. The van der Waals surface area contributed by atoms with Crippen molar-refractivity contribution in [3.8, 4) is 0 Å². The van der Waals surface area contributed by atoms with E-state index in [1.807, 2.05) is 18.5 Å². The summed E-state index contributed by atoms with van der Waals surface area (Å²) in [6.45, 7) is 1.89. The van der Waals surface area contributed by atoms with Gasteiger partial charge in [-0.1, -0.05) is 6.92 Å². The smallest absolute Gasteiger partial charge is 0.221 e. The topological polar surface area (TPSA) is 47.8 Å². The van der Waals surface area contributed by atoms with Crippen LogP contribution in [0.2, 0.25) is 0 Å². The highest BCUT2D eigenvalue weighted by molar-refractivity contribution is 7.84. The van der Waals surface area contributed by atoms with E-state index in [2.05, 4.69) is 10.2 Å². The van der Waals surface area contributed by atoms with Gasteiger partial charge in [0.05, 0.1) is 10.8 Å². The Balaban J connectivity index is 2.32. The molecular formula is C8H13N3OS.